The van der Waals surface area contributed by atoms with Crippen molar-refractivity contribution in [1.29, 1.82) is 0 Å². The first-order valence-electron chi connectivity index (χ1n) is 3.06. The van der Waals surface area contributed by atoms with Gasteiger partial charge >= 0.3 is 0 Å². The molecule has 3 nitrogen and oxygen atoms in total. The Bertz CT molecular complexity index is 95.7. The molecule has 0 radical (unpaired) electrons. The molecule has 0 rings (SSSR count). The van der Waals surface area contributed by atoms with E-state index in [1.165, 1.54) is 0 Å². The molecular weight excluding hydrogens is 116 g/mol. The van der Waals surface area contributed by atoms with Crippen LogP contribution < -0.4 is 0 Å². The van der Waals surface area contributed by atoms with Crippen LogP contribution in [-0.2, 0) is 4.79 Å². The number of hydrogen-bond donors (Lipinski definition) is 0. The van der Waals surface area contributed by atoms with Crippen LogP contribution in [0, 0.1) is 0 Å². The first kappa shape index (κ1) is 8.43. The molecule has 9 heavy (non-hydrogen) atoms. The molecule has 0 aromatic heterocycles. The van der Waals surface area contributed by atoms with Gasteiger partial charge in [0.05, 0.1) is 27.7 Å². The highest BCUT2D eigenvalue weighted by molar-refractivity contribution is 5.44. The Labute approximate surface area is 56.4 Å². The second-order valence-corrected chi connectivity index (χ2v) is 2.80. The number of hydrogen-bond acceptors (Lipinski definition) is 1. The van der Waals surface area contributed by atoms with Crippen molar-refractivity contribution in [3.05, 3.63) is 0 Å². The second-order valence-electron chi connectivity index (χ2n) is 2.80. The van der Waals surface area contributed by atoms with E-state index < -0.39 is 0 Å². The van der Waals surface area contributed by atoms with E-state index in [1.807, 2.05) is 28.1 Å². The van der Waals surface area contributed by atoms with Gasteiger partial charge in [0.15, 0.2) is 0 Å². The Hall–Kier alpha value is -0.570. The van der Waals surface area contributed by atoms with Gasteiger partial charge in [-0.2, -0.15) is 5.01 Å². The lowest BCUT2D eigenvalue weighted by molar-refractivity contribution is -0.972. The van der Waals surface area contributed by atoms with Crippen molar-refractivity contribution in [1.82, 2.24) is 5.01 Å². The first-order valence-corrected chi connectivity index (χ1v) is 3.06. The summed E-state index contributed by atoms with van der Waals surface area (Å²) in [4.78, 5) is 10.3. The standard InChI is InChI=1S/C6H15N2O/c1-5-7(6-9)8(2,3)4/h6H,5H2,1-4H3/q+1. The van der Waals surface area contributed by atoms with Crippen molar-refractivity contribution < 1.29 is 9.39 Å². The van der Waals surface area contributed by atoms with Crippen molar-refractivity contribution in [2.45, 2.75) is 6.92 Å². The number of rotatable bonds is 3. The van der Waals surface area contributed by atoms with Gasteiger partial charge in [0, 0.05) is 0 Å². The van der Waals surface area contributed by atoms with Gasteiger partial charge in [0.1, 0.15) is 0 Å². The van der Waals surface area contributed by atoms with Gasteiger partial charge in [-0.05, 0) is 6.92 Å². The average molecular weight is 131 g/mol. The molecule has 0 saturated carbocycles. The summed E-state index contributed by atoms with van der Waals surface area (Å²) in [5, 5.41) is 1.69. The van der Waals surface area contributed by atoms with Gasteiger partial charge in [-0.15, -0.1) is 0 Å². The largest absolute Gasteiger partial charge is 0.273 e. The van der Waals surface area contributed by atoms with Gasteiger partial charge < -0.3 is 0 Å². The molecule has 0 heterocycles. The number of quaternary nitrogens is 1. The van der Waals surface area contributed by atoms with Crippen LogP contribution in [-0.4, -0.2) is 43.7 Å². The molecule has 0 N–H and O–H groups in total. The van der Waals surface area contributed by atoms with Gasteiger partial charge in [-0.25, -0.2) is 4.59 Å². The summed E-state index contributed by atoms with van der Waals surface area (Å²) in [6, 6.07) is 0. The van der Waals surface area contributed by atoms with Crippen LogP contribution in [0.25, 0.3) is 0 Å². The Morgan fingerprint density at radius 3 is 1.89 bits per heavy atom. The summed E-state index contributed by atoms with van der Waals surface area (Å²) in [6.45, 7) is 2.71. The predicted molar refractivity (Wildman–Crippen MR) is 36.5 cm³/mol. The Kier molecular flexibility index (Phi) is 2.65. The van der Waals surface area contributed by atoms with Gasteiger partial charge in [0.2, 0.25) is 0 Å². The van der Waals surface area contributed by atoms with Crippen LogP contribution in [0.5, 0.6) is 0 Å². The SMILES string of the molecule is CCN(C=O)[N+](C)(C)C. The molecule has 0 aromatic carbocycles. The van der Waals surface area contributed by atoms with E-state index in [0.717, 1.165) is 13.0 Å². The monoisotopic (exact) mass is 131 g/mol. The van der Waals surface area contributed by atoms with Crippen molar-refractivity contribution in [2.24, 2.45) is 0 Å². The minimum atomic E-state index is 0.569. The molecule has 0 aromatic rings. The van der Waals surface area contributed by atoms with Crippen molar-refractivity contribution >= 4 is 6.41 Å². The highest BCUT2D eigenvalue weighted by Gasteiger charge is 2.14. The van der Waals surface area contributed by atoms with Crippen molar-refractivity contribution in [2.75, 3.05) is 27.7 Å². The first-order chi connectivity index (χ1) is 4.02. The summed E-state index contributed by atoms with van der Waals surface area (Å²) < 4.78 is 0.569. The quantitative estimate of drug-likeness (QED) is 0.302. The fraction of sp³-hybridized carbons (Fsp3) is 0.833. The van der Waals surface area contributed by atoms with Crippen molar-refractivity contribution in [3.63, 3.8) is 0 Å². The third-order valence-corrected chi connectivity index (χ3v) is 1.22. The molecule has 0 aliphatic heterocycles. The van der Waals surface area contributed by atoms with E-state index in [-0.39, 0.29) is 0 Å². The average Bonchev–Trinajstić information content (AvgIpc) is 1.65. The van der Waals surface area contributed by atoms with E-state index in [4.69, 9.17) is 0 Å². The zero-order valence-electron chi connectivity index (χ0n) is 6.59. The summed E-state index contributed by atoms with van der Waals surface area (Å²) in [5.41, 5.74) is 0. The lowest BCUT2D eigenvalue weighted by Gasteiger charge is -2.32. The highest BCUT2D eigenvalue weighted by atomic mass is 16.2. The third kappa shape index (κ3) is 2.46. The van der Waals surface area contributed by atoms with E-state index >= 15 is 0 Å². The Morgan fingerprint density at radius 2 is 1.89 bits per heavy atom. The van der Waals surface area contributed by atoms with Gasteiger partial charge in [0.25, 0.3) is 6.41 Å². The zero-order valence-corrected chi connectivity index (χ0v) is 6.59. The minimum absolute atomic E-state index is 0.569. The molecule has 3 heteroatoms. The highest BCUT2D eigenvalue weighted by Crippen LogP contribution is 1.95. The molecule has 0 saturated heterocycles. The van der Waals surface area contributed by atoms with Crippen LogP contribution in [0.15, 0.2) is 0 Å². The maximum atomic E-state index is 10.3. The van der Waals surface area contributed by atoms with Crippen LogP contribution in [0.3, 0.4) is 0 Å². The van der Waals surface area contributed by atoms with Gasteiger partial charge in [-0.1, -0.05) is 0 Å². The fourth-order valence-corrected chi connectivity index (χ4v) is 0.640. The van der Waals surface area contributed by atoms with Crippen molar-refractivity contribution in [3.8, 4) is 0 Å². The molecule has 0 spiro atoms. The number of carbonyl (C=O) groups excluding carboxylic acids is 1. The zero-order chi connectivity index (χ0) is 7.49. The third-order valence-electron chi connectivity index (χ3n) is 1.22. The van der Waals surface area contributed by atoms with E-state index in [0.29, 0.717) is 4.59 Å². The minimum Gasteiger partial charge on any atom is -0.273 e. The summed E-state index contributed by atoms with van der Waals surface area (Å²) >= 11 is 0. The molecule has 0 bridgehead atoms. The molecule has 54 valence electrons. The van der Waals surface area contributed by atoms with Crippen LogP contribution in [0.1, 0.15) is 6.92 Å². The molecular formula is C6H15N2O+. The van der Waals surface area contributed by atoms with Crippen LogP contribution in [0.2, 0.25) is 0 Å². The van der Waals surface area contributed by atoms with E-state index in [2.05, 4.69) is 0 Å². The lowest BCUT2D eigenvalue weighted by atomic mass is 10.7. The predicted octanol–water partition coefficient (Wildman–Crippen LogP) is 0.0859. The second kappa shape index (κ2) is 2.82. The van der Waals surface area contributed by atoms with Crippen LogP contribution in [0.4, 0.5) is 0 Å². The summed E-state index contributed by atoms with van der Waals surface area (Å²) in [6.07, 6.45) is 0.861. The summed E-state index contributed by atoms with van der Waals surface area (Å²) in [5.74, 6) is 0. The number of amides is 1. The number of nitrogens with zero attached hydrogens (tertiary/aromatic N) is 2. The topological polar surface area (TPSA) is 20.3 Å². The van der Waals surface area contributed by atoms with Gasteiger partial charge in [-0.3, -0.25) is 4.79 Å². The lowest BCUT2D eigenvalue weighted by Crippen LogP contribution is -2.50. The molecule has 0 unspecified atom stereocenters. The maximum Gasteiger partial charge on any atom is 0.255 e. The molecule has 0 aliphatic rings. The van der Waals surface area contributed by atoms with Crippen LogP contribution >= 0.6 is 0 Å². The fourth-order valence-electron chi connectivity index (χ4n) is 0.640. The van der Waals surface area contributed by atoms with E-state index in [9.17, 15) is 4.79 Å². The number of carbonyl (C=O) groups is 1. The molecule has 0 aliphatic carbocycles. The van der Waals surface area contributed by atoms with E-state index in [1.54, 1.807) is 5.01 Å². The molecule has 0 atom stereocenters. The normalized spacial score (nSPS) is 11.1. The smallest absolute Gasteiger partial charge is 0.255 e. The Morgan fingerprint density at radius 1 is 1.44 bits per heavy atom. The molecule has 0 fully saturated rings. The molecule has 1 amide bonds. The maximum absolute atomic E-state index is 10.3. The Balaban J connectivity index is 3.94. The summed E-state index contributed by atoms with van der Waals surface area (Å²) in [7, 11) is 5.87.